The fourth-order valence-electron chi connectivity index (χ4n) is 0.868. The largest absolute Gasteiger partial charge is 0.506 e. The summed E-state index contributed by atoms with van der Waals surface area (Å²) in [5.41, 5.74) is 7.06. The summed E-state index contributed by atoms with van der Waals surface area (Å²) in [6.45, 7) is 0. The van der Waals surface area contributed by atoms with Gasteiger partial charge >= 0.3 is 6.03 Å². The van der Waals surface area contributed by atoms with Crippen molar-refractivity contribution in [2.75, 3.05) is 0 Å². The SMILES string of the molecule is NC(=O)NN=Cc1cc(Br)c(Cl)c(Cl)c1O. The number of phenols is 1. The molecule has 0 bridgehead atoms. The number of nitrogens with two attached hydrogens (primary N) is 1. The first-order valence-electron chi connectivity index (χ1n) is 3.88. The Kier molecular flexibility index (Phi) is 4.40. The summed E-state index contributed by atoms with van der Waals surface area (Å²) in [5, 5.41) is 13.3. The van der Waals surface area contributed by atoms with E-state index in [1.807, 2.05) is 5.43 Å². The predicted molar refractivity (Wildman–Crippen MR) is 66.1 cm³/mol. The highest BCUT2D eigenvalue weighted by molar-refractivity contribution is 9.10. The Morgan fingerprint density at radius 2 is 2.19 bits per heavy atom. The molecule has 8 heteroatoms. The van der Waals surface area contributed by atoms with Crippen LogP contribution < -0.4 is 11.2 Å². The van der Waals surface area contributed by atoms with Crippen LogP contribution in [0.2, 0.25) is 10.0 Å². The van der Waals surface area contributed by atoms with Gasteiger partial charge in [-0.15, -0.1) is 0 Å². The molecule has 0 unspecified atom stereocenters. The molecule has 5 nitrogen and oxygen atoms in total. The number of hydrogen-bond donors (Lipinski definition) is 3. The summed E-state index contributed by atoms with van der Waals surface area (Å²) in [7, 11) is 0. The van der Waals surface area contributed by atoms with E-state index in [0.29, 0.717) is 4.47 Å². The van der Waals surface area contributed by atoms with Crippen molar-refractivity contribution in [2.24, 2.45) is 10.8 Å². The number of halogens is 3. The average Bonchev–Trinajstić information content (AvgIpc) is 2.22. The highest BCUT2D eigenvalue weighted by Crippen LogP contribution is 2.38. The fraction of sp³-hybridized carbons (Fsp3) is 0. The summed E-state index contributed by atoms with van der Waals surface area (Å²) in [4.78, 5) is 10.3. The Balaban J connectivity index is 3.06. The van der Waals surface area contributed by atoms with E-state index in [1.54, 1.807) is 0 Å². The quantitative estimate of drug-likeness (QED) is 0.443. The maximum Gasteiger partial charge on any atom is 0.332 e. The molecule has 0 aliphatic heterocycles. The molecule has 0 radical (unpaired) electrons. The van der Waals surface area contributed by atoms with Crippen molar-refractivity contribution < 1.29 is 9.90 Å². The molecule has 2 amide bonds. The lowest BCUT2D eigenvalue weighted by atomic mass is 10.2. The summed E-state index contributed by atoms with van der Waals surface area (Å²) >= 11 is 14.7. The van der Waals surface area contributed by atoms with Gasteiger partial charge in [0.15, 0.2) is 0 Å². The number of phenolic OH excluding ortho intramolecular Hbond substituents is 1. The van der Waals surface area contributed by atoms with E-state index in [1.165, 1.54) is 12.3 Å². The first kappa shape index (κ1) is 13.1. The molecule has 0 atom stereocenters. The van der Waals surface area contributed by atoms with Gasteiger partial charge in [0.1, 0.15) is 10.8 Å². The topological polar surface area (TPSA) is 87.7 Å². The lowest BCUT2D eigenvalue weighted by Crippen LogP contribution is -2.24. The molecule has 0 heterocycles. The Labute approximate surface area is 109 Å². The fourth-order valence-corrected chi connectivity index (χ4v) is 1.78. The zero-order valence-electron chi connectivity index (χ0n) is 7.67. The van der Waals surface area contributed by atoms with Crippen LogP contribution in [-0.4, -0.2) is 17.4 Å². The second-order valence-corrected chi connectivity index (χ2v) is 4.27. The Morgan fingerprint density at radius 1 is 1.56 bits per heavy atom. The van der Waals surface area contributed by atoms with Gasteiger partial charge in [-0.1, -0.05) is 23.2 Å². The van der Waals surface area contributed by atoms with E-state index >= 15 is 0 Å². The molecule has 0 aromatic heterocycles. The number of benzene rings is 1. The number of carbonyl (C=O) groups is 1. The molecule has 0 aliphatic carbocycles. The molecular formula is C8H6BrCl2N3O2. The van der Waals surface area contributed by atoms with Crippen LogP contribution in [-0.2, 0) is 0 Å². The van der Waals surface area contributed by atoms with Gasteiger partial charge in [0.2, 0.25) is 0 Å². The summed E-state index contributed by atoms with van der Waals surface area (Å²) in [6, 6.07) is 0.685. The minimum Gasteiger partial charge on any atom is -0.506 e. The number of nitrogens with zero attached hydrogens (tertiary/aromatic N) is 1. The van der Waals surface area contributed by atoms with Gasteiger partial charge in [0.25, 0.3) is 0 Å². The lowest BCUT2D eigenvalue weighted by molar-refractivity contribution is 0.249. The van der Waals surface area contributed by atoms with E-state index in [4.69, 9.17) is 28.9 Å². The number of nitrogens with one attached hydrogen (secondary N) is 1. The standard InChI is InChI=1S/C8H6BrCl2N3O2/c9-4-1-3(2-13-14-8(12)16)7(15)6(11)5(4)10/h1-2,15H,(H3,12,14,16). The highest BCUT2D eigenvalue weighted by Gasteiger charge is 2.12. The molecular weight excluding hydrogens is 321 g/mol. The number of hydrogen-bond acceptors (Lipinski definition) is 3. The Morgan fingerprint density at radius 3 is 2.75 bits per heavy atom. The van der Waals surface area contributed by atoms with Crippen molar-refractivity contribution in [1.82, 2.24) is 5.43 Å². The molecule has 0 fully saturated rings. The Bertz CT molecular complexity index is 465. The number of rotatable bonds is 2. The second kappa shape index (κ2) is 5.38. The van der Waals surface area contributed by atoms with Crippen LogP contribution >= 0.6 is 39.1 Å². The van der Waals surface area contributed by atoms with Crippen LogP contribution in [0, 0.1) is 0 Å². The van der Waals surface area contributed by atoms with Crippen molar-refractivity contribution in [1.29, 1.82) is 0 Å². The zero-order valence-corrected chi connectivity index (χ0v) is 10.8. The van der Waals surface area contributed by atoms with E-state index < -0.39 is 6.03 Å². The third kappa shape index (κ3) is 3.01. The molecule has 86 valence electrons. The number of hydrazone groups is 1. The minimum atomic E-state index is -0.810. The number of urea groups is 1. The van der Waals surface area contributed by atoms with Crippen molar-refractivity contribution in [3.05, 3.63) is 26.1 Å². The van der Waals surface area contributed by atoms with Gasteiger partial charge in [-0.25, -0.2) is 10.2 Å². The summed E-state index contributed by atoms with van der Waals surface area (Å²) in [6.07, 6.45) is 1.19. The van der Waals surface area contributed by atoms with Crippen molar-refractivity contribution in [2.45, 2.75) is 0 Å². The molecule has 0 saturated carbocycles. The van der Waals surface area contributed by atoms with Crippen LogP contribution in [0.4, 0.5) is 4.79 Å². The highest BCUT2D eigenvalue weighted by atomic mass is 79.9. The lowest BCUT2D eigenvalue weighted by Gasteiger charge is -2.05. The molecule has 4 N–H and O–H groups in total. The van der Waals surface area contributed by atoms with Crippen molar-refractivity contribution >= 4 is 51.4 Å². The van der Waals surface area contributed by atoms with Gasteiger partial charge in [0, 0.05) is 10.0 Å². The van der Waals surface area contributed by atoms with Crippen LogP contribution in [0.25, 0.3) is 0 Å². The van der Waals surface area contributed by atoms with E-state index in [0.717, 1.165) is 0 Å². The third-order valence-electron chi connectivity index (χ3n) is 1.54. The minimum absolute atomic E-state index is 0.00318. The maximum atomic E-state index is 10.3. The number of amides is 2. The van der Waals surface area contributed by atoms with Gasteiger partial charge in [0.05, 0.1) is 11.2 Å². The normalized spacial score (nSPS) is 10.7. The Hall–Kier alpha value is -0.980. The van der Waals surface area contributed by atoms with Crippen molar-refractivity contribution in [3.8, 4) is 5.75 Å². The average molecular weight is 327 g/mol. The van der Waals surface area contributed by atoms with E-state index in [9.17, 15) is 9.90 Å². The van der Waals surface area contributed by atoms with Gasteiger partial charge in [-0.05, 0) is 22.0 Å². The van der Waals surface area contributed by atoms with Crippen LogP contribution in [0.3, 0.4) is 0 Å². The maximum absolute atomic E-state index is 10.3. The van der Waals surface area contributed by atoms with Crippen LogP contribution in [0.15, 0.2) is 15.6 Å². The molecule has 1 rings (SSSR count). The zero-order chi connectivity index (χ0) is 12.3. The van der Waals surface area contributed by atoms with Gasteiger partial charge in [-0.3, -0.25) is 0 Å². The van der Waals surface area contributed by atoms with Crippen LogP contribution in [0.1, 0.15) is 5.56 Å². The molecule has 1 aromatic carbocycles. The third-order valence-corrected chi connectivity index (χ3v) is 3.26. The van der Waals surface area contributed by atoms with E-state index in [-0.39, 0.29) is 21.4 Å². The number of carbonyl (C=O) groups excluding carboxylic acids is 1. The van der Waals surface area contributed by atoms with Gasteiger partial charge < -0.3 is 10.8 Å². The molecule has 0 spiro atoms. The summed E-state index contributed by atoms with van der Waals surface area (Å²) in [5.74, 6) is -0.232. The number of aromatic hydroxyl groups is 1. The number of primary amides is 1. The first-order valence-corrected chi connectivity index (χ1v) is 5.43. The molecule has 0 saturated heterocycles. The molecule has 1 aromatic rings. The van der Waals surface area contributed by atoms with E-state index in [2.05, 4.69) is 21.0 Å². The van der Waals surface area contributed by atoms with Crippen LogP contribution in [0.5, 0.6) is 5.75 Å². The first-order chi connectivity index (χ1) is 7.43. The van der Waals surface area contributed by atoms with Crippen molar-refractivity contribution in [3.63, 3.8) is 0 Å². The predicted octanol–water partition coefficient (Wildman–Crippen LogP) is 2.46. The monoisotopic (exact) mass is 325 g/mol. The molecule has 16 heavy (non-hydrogen) atoms. The van der Waals surface area contributed by atoms with Gasteiger partial charge in [-0.2, -0.15) is 5.10 Å². The smallest absolute Gasteiger partial charge is 0.332 e. The molecule has 0 aliphatic rings. The summed E-state index contributed by atoms with van der Waals surface area (Å²) < 4.78 is 0.498. The second-order valence-electron chi connectivity index (χ2n) is 2.66.